The summed E-state index contributed by atoms with van der Waals surface area (Å²) in [4.78, 5) is 18.4. The minimum absolute atomic E-state index is 0.0369. The Bertz CT molecular complexity index is 365. The van der Waals surface area contributed by atoms with E-state index in [1.54, 1.807) is 0 Å². The van der Waals surface area contributed by atoms with E-state index in [2.05, 4.69) is 36.1 Å². The quantitative estimate of drug-likeness (QED) is 0.794. The Labute approximate surface area is 101 Å². The van der Waals surface area contributed by atoms with Crippen molar-refractivity contribution in [3.63, 3.8) is 0 Å². The molecular formula is C12H19N3O2. The fourth-order valence-electron chi connectivity index (χ4n) is 1.59. The summed E-state index contributed by atoms with van der Waals surface area (Å²) >= 11 is 0. The van der Waals surface area contributed by atoms with Crippen molar-refractivity contribution in [1.82, 2.24) is 9.97 Å². The normalized spacial score (nSPS) is 14.1. The van der Waals surface area contributed by atoms with Gasteiger partial charge in [0.15, 0.2) is 5.69 Å². The molecule has 0 aromatic carbocycles. The molecular weight excluding hydrogens is 218 g/mol. The number of carboxylic acid groups (broad SMARTS) is 1. The highest BCUT2D eigenvalue weighted by Crippen LogP contribution is 2.13. The van der Waals surface area contributed by atoms with Crippen molar-refractivity contribution in [3.8, 4) is 0 Å². The van der Waals surface area contributed by atoms with Crippen molar-refractivity contribution >= 4 is 11.8 Å². The molecule has 0 fully saturated rings. The monoisotopic (exact) mass is 237 g/mol. The molecule has 1 aromatic heterocycles. The van der Waals surface area contributed by atoms with Crippen LogP contribution in [0.15, 0.2) is 12.4 Å². The zero-order valence-corrected chi connectivity index (χ0v) is 10.5. The third-order valence-electron chi connectivity index (χ3n) is 2.72. The molecule has 5 heteroatoms. The van der Waals surface area contributed by atoms with Crippen LogP contribution in [0, 0.1) is 5.92 Å². The van der Waals surface area contributed by atoms with Gasteiger partial charge in [0.2, 0.25) is 0 Å². The number of aromatic carboxylic acids is 1. The van der Waals surface area contributed by atoms with Gasteiger partial charge in [-0.25, -0.2) is 14.8 Å². The van der Waals surface area contributed by atoms with Gasteiger partial charge in [0.25, 0.3) is 0 Å². The lowest BCUT2D eigenvalue weighted by molar-refractivity contribution is 0.0690. The molecule has 94 valence electrons. The Morgan fingerprint density at radius 3 is 2.59 bits per heavy atom. The largest absolute Gasteiger partial charge is 0.476 e. The summed E-state index contributed by atoms with van der Waals surface area (Å²) in [5.74, 6) is 0.214. The Balaban J connectivity index is 2.54. The summed E-state index contributed by atoms with van der Waals surface area (Å²) in [6.45, 7) is 6.45. The van der Waals surface area contributed by atoms with Gasteiger partial charge in [0.05, 0.1) is 12.4 Å². The fraction of sp³-hybridized carbons (Fsp3) is 0.583. The van der Waals surface area contributed by atoms with E-state index < -0.39 is 5.97 Å². The van der Waals surface area contributed by atoms with Crippen LogP contribution < -0.4 is 5.32 Å². The summed E-state index contributed by atoms with van der Waals surface area (Å²) in [5, 5.41) is 11.9. The molecule has 0 aliphatic carbocycles. The van der Waals surface area contributed by atoms with Gasteiger partial charge in [-0.2, -0.15) is 0 Å². The van der Waals surface area contributed by atoms with Crippen molar-refractivity contribution in [2.24, 2.45) is 5.92 Å². The van der Waals surface area contributed by atoms with E-state index >= 15 is 0 Å². The number of carbonyl (C=O) groups is 1. The SMILES string of the molecule is CCC(C)CC(C)Nc1cnc(C(=O)O)cn1. The molecule has 1 rings (SSSR count). The second-order valence-electron chi connectivity index (χ2n) is 4.39. The molecule has 0 spiro atoms. The van der Waals surface area contributed by atoms with Gasteiger partial charge in [-0.1, -0.05) is 20.3 Å². The summed E-state index contributed by atoms with van der Waals surface area (Å²) in [7, 11) is 0. The van der Waals surface area contributed by atoms with E-state index in [-0.39, 0.29) is 5.69 Å². The highest BCUT2D eigenvalue weighted by Gasteiger charge is 2.09. The highest BCUT2D eigenvalue weighted by atomic mass is 16.4. The van der Waals surface area contributed by atoms with Crippen LogP contribution in [0.1, 0.15) is 44.1 Å². The standard InChI is InChI=1S/C12H19N3O2/c1-4-8(2)5-9(3)15-11-7-13-10(6-14-11)12(16)17/h6-9H,4-5H2,1-3H3,(H,14,15)(H,16,17). The lowest BCUT2D eigenvalue weighted by Crippen LogP contribution is -2.19. The smallest absolute Gasteiger partial charge is 0.356 e. The van der Waals surface area contributed by atoms with E-state index in [0.717, 1.165) is 12.8 Å². The predicted molar refractivity (Wildman–Crippen MR) is 66.1 cm³/mol. The summed E-state index contributed by atoms with van der Waals surface area (Å²) in [6.07, 6.45) is 4.92. The summed E-state index contributed by atoms with van der Waals surface area (Å²) in [5.41, 5.74) is -0.0369. The highest BCUT2D eigenvalue weighted by molar-refractivity contribution is 5.84. The maximum absolute atomic E-state index is 10.6. The van der Waals surface area contributed by atoms with Gasteiger partial charge in [0.1, 0.15) is 5.82 Å². The summed E-state index contributed by atoms with van der Waals surface area (Å²) < 4.78 is 0. The molecule has 0 aliphatic rings. The lowest BCUT2D eigenvalue weighted by Gasteiger charge is -2.17. The van der Waals surface area contributed by atoms with Gasteiger partial charge in [-0.15, -0.1) is 0 Å². The molecule has 0 radical (unpaired) electrons. The van der Waals surface area contributed by atoms with Crippen LogP contribution in [-0.2, 0) is 0 Å². The summed E-state index contributed by atoms with van der Waals surface area (Å²) in [6, 6.07) is 0.301. The van der Waals surface area contributed by atoms with E-state index in [1.807, 2.05) is 0 Å². The van der Waals surface area contributed by atoms with Crippen LogP contribution in [0.3, 0.4) is 0 Å². The van der Waals surface area contributed by atoms with Crippen LogP contribution >= 0.6 is 0 Å². The number of carboxylic acids is 1. The number of hydrogen-bond donors (Lipinski definition) is 2. The van der Waals surface area contributed by atoms with Gasteiger partial charge >= 0.3 is 5.97 Å². The number of nitrogens with zero attached hydrogens (tertiary/aromatic N) is 2. The minimum atomic E-state index is -1.06. The molecule has 0 amide bonds. The average molecular weight is 237 g/mol. The van der Waals surface area contributed by atoms with Crippen molar-refractivity contribution < 1.29 is 9.90 Å². The molecule has 1 heterocycles. The average Bonchev–Trinajstić information content (AvgIpc) is 2.29. The van der Waals surface area contributed by atoms with Crippen LogP contribution in [-0.4, -0.2) is 27.1 Å². The third-order valence-corrected chi connectivity index (χ3v) is 2.72. The Hall–Kier alpha value is -1.65. The van der Waals surface area contributed by atoms with Crippen LogP contribution in [0.2, 0.25) is 0 Å². The molecule has 17 heavy (non-hydrogen) atoms. The Morgan fingerprint density at radius 2 is 2.12 bits per heavy atom. The molecule has 2 N–H and O–H groups in total. The van der Waals surface area contributed by atoms with Crippen molar-refractivity contribution in [3.05, 3.63) is 18.1 Å². The van der Waals surface area contributed by atoms with E-state index in [9.17, 15) is 4.79 Å². The number of rotatable bonds is 6. The Kier molecular flexibility index (Phi) is 4.87. The lowest BCUT2D eigenvalue weighted by atomic mass is 10.0. The second-order valence-corrected chi connectivity index (χ2v) is 4.39. The van der Waals surface area contributed by atoms with E-state index in [0.29, 0.717) is 17.8 Å². The van der Waals surface area contributed by atoms with Gasteiger partial charge < -0.3 is 10.4 Å². The second kappa shape index (κ2) is 6.18. The van der Waals surface area contributed by atoms with Crippen LogP contribution in [0.5, 0.6) is 0 Å². The van der Waals surface area contributed by atoms with Crippen LogP contribution in [0.25, 0.3) is 0 Å². The molecule has 2 unspecified atom stereocenters. The predicted octanol–water partition coefficient (Wildman–Crippen LogP) is 2.41. The molecule has 0 saturated heterocycles. The molecule has 5 nitrogen and oxygen atoms in total. The first kappa shape index (κ1) is 13.4. The number of hydrogen-bond acceptors (Lipinski definition) is 4. The minimum Gasteiger partial charge on any atom is -0.476 e. The van der Waals surface area contributed by atoms with Crippen molar-refractivity contribution in [2.45, 2.75) is 39.7 Å². The molecule has 1 aromatic rings. The zero-order chi connectivity index (χ0) is 12.8. The number of anilines is 1. The van der Waals surface area contributed by atoms with Crippen molar-refractivity contribution in [2.75, 3.05) is 5.32 Å². The fourth-order valence-corrected chi connectivity index (χ4v) is 1.59. The van der Waals surface area contributed by atoms with E-state index in [1.165, 1.54) is 12.4 Å². The topological polar surface area (TPSA) is 75.1 Å². The molecule has 0 bridgehead atoms. The molecule has 0 saturated carbocycles. The first-order valence-corrected chi connectivity index (χ1v) is 5.84. The maximum atomic E-state index is 10.6. The molecule has 0 aliphatic heterocycles. The van der Waals surface area contributed by atoms with Gasteiger partial charge in [0, 0.05) is 6.04 Å². The molecule has 2 atom stereocenters. The van der Waals surface area contributed by atoms with Gasteiger partial charge in [-0.3, -0.25) is 0 Å². The Morgan fingerprint density at radius 1 is 1.41 bits per heavy atom. The van der Waals surface area contributed by atoms with Crippen LogP contribution in [0.4, 0.5) is 5.82 Å². The van der Waals surface area contributed by atoms with E-state index in [4.69, 9.17) is 5.11 Å². The first-order valence-electron chi connectivity index (χ1n) is 5.84. The maximum Gasteiger partial charge on any atom is 0.356 e. The van der Waals surface area contributed by atoms with Gasteiger partial charge in [-0.05, 0) is 19.3 Å². The zero-order valence-electron chi connectivity index (χ0n) is 10.5. The third kappa shape index (κ3) is 4.38. The number of nitrogens with one attached hydrogen (secondary N) is 1. The first-order chi connectivity index (χ1) is 8.02. The van der Waals surface area contributed by atoms with Crippen molar-refractivity contribution in [1.29, 1.82) is 0 Å². The number of aromatic nitrogens is 2.